The molecule has 0 spiro atoms. The van der Waals surface area contributed by atoms with Crippen molar-refractivity contribution in [1.82, 2.24) is 4.98 Å². The van der Waals surface area contributed by atoms with E-state index in [1.165, 1.54) is 11.3 Å². The van der Waals surface area contributed by atoms with E-state index in [1.54, 1.807) is 74.1 Å². The Morgan fingerprint density at radius 2 is 1.68 bits per heavy atom. The number of ether oxygens (including phenoxy) is 2. The van der Waals surface area contributed by atoms with Crippen LogP contribution in [-0.2, 0) is 4.79 Å². The lowest BCUT2D eigenvalue weighted by atomic mass is 10.2. The first-order valence-corrected chi connectivity index (χ1v) is 9.35. The number of amides is 2. The van der Waals surface area contributed by atoms with Crippen molar-refractivity contribution in [3.63, 3.8) is 0 Å². The minimum atomic E-state index is -0.693. The second-order valence-electron chi connectivity index (χ2n) is 5.79. The van der Waals surface area contributed by atoms with Crippen LogP contribution in [0.3, 0.4) is 0 Å². The molecule has 0 aliphatic heterocycles. The molecule has 144 valence electrons. The number of anilines is 2. The van der Waals surface area contributed by atoms with Crippen molar-refractivity contribution in [3.8, 4) is 11.5 Å². The SMILES string of the molecule is COc1ccc(OC(C)C(=O)Nc2ccc(C(=O)Nc3nccs3)cc2)cc1. The van der Waals surface area contributed by atoms with Crippen LogP contribution in [0.1, 0.15) is 17.3 Å². The minimum Gasteiger partial charge on any atom is -0.497 e. The summed E-state index contributed by atoms with van der Waals surface area (Å²) in [5.41, 5.74) is 1.04. The van der Waals surface area contributed by atoms with Gasteiger partial charge in [0.25, 0.3) is 11.8 Å². The van der Waals surface area contributed by atoms with Gasteiger partial charge in [0.15, 0.2) is 11.2 Å². The Morgan fingerprint density at radius 1 is 1.00 bits per heavy atom. The molecule has 1 aromatic heterocycles. The first-order valence-electron chi connectivity index (χ1n) is 8.47. The number of methoxy groups -OCH3 is 1. The summed E-state index contributed by atoms with van der Waals surface area (Å²) in [5, 5.41) is 7.79. The van der Waals surface area contributed by atoms with Crippen LogP contribution < -0.4 is 20.1 Å². The lowest BCUT2D eigenvalue weighted by Gasteiger charge is -2.15. The largest absolute Gasteiger partial charge is 0.497 e. The van der Waals surface area contributed by atoms with Crippen LogP contribution >= 0.6 is 11.3 Å². The van der Waals surface area contributed by atoms with Gasteiger partial charge in [-0.3, -0.25) is 14.9 Å². The molecule has 0 aliphatic rings. The normalized spacial score (nSPS) is 11.4. The highest BCUT2D eigenvalue weighted by Gasteiger charge is 2.15. The zero-order valence-corrected chi connectivity index (χ0v) is 16.2. The Bertz CT molecular complexity index is 925. The third kappa shape index (κ3) is 5.08. The molecule has 0 bridgehead atoms. The summed E-state index contributed by atoms with van der Waals surface area (Å²) < 4.78 is 10.7. The second kappa shape index (κ2) is 9.01. The van der Waals surface area contributed by atoms with Crippen molar-refractivity contribution in [1.29, 1.82) is 0 Å². The van der Waals surface area contributed by atoms with Gasteiger partial charge in [0.1, 0.15) is 11.5 Å². The van der Waals surface area contributed by atoms with E-state index in [1.807, 2.05) is 0 Å². The summed E-state index contributed by atoms with van der Waals surface area (Å²) >= 11 is 1.34. The Morgan fingerprint density at radius 3 is 2.29 bits per heavy atom. The molecule has 0 fully saturated rings. The van der Waals surface area contributed by atoms with E-state index in [0.717, 1.165) is 0 Å². The smallest absolute Gasteiger partial charge is 0.265 e. The summed E-state index contributed by atoms with van der Waals surface area (Å²) in [5.74, 6) is 0.723. The van der Waals surface area contributed by atoms with Gasteiger partial charge in [0.05, 0.1) is 7.11 Å². The molecule has 1 heterocycles. The average Bonchev–Trinajstić information content (AvgIpc) is 3.22. The number of thiazole rings is 1. The molecule has 0 aliphatic carbocycles. The maximum atomic E-state index is 12.3. The van der Waals surface area contributed by atoms with E-state index < -0.39 is 6.10 Å². The third-order valence-corrected chi connectivity index (χ3v) is 4.50. The molecule has 2 N–H and O–H groups in total. The molecule has 3 aromatic rings. The quantitative estimate of drug-likeness (QED) is 0.633. The van der Waals surface area contributed by atoms with Crippen molar-refractivity contribution < 1.29 is 19.1 Å². The number of nitrogens with zero attached hydrogens (tertiary/aromatic N) is 1. The predicted octanol–water partition coefficient (Wildman–Crippen LogP) is 3.81. The number of benzene rings is 2. The van der Waals surface area contributed by atoms with E-state index in [-0.39, 0.29) is 11.8 Å². The fourth-order valence-corrected chi connectivity index (χ4v) is 2.84. The van der Waals surface area contributed by atoms with Gasteiger partial charge in [-0.05, 0) is 55.5 Å². The van der Waals surface area contributed by atoms with Gasteiger partial charge < -0.3 is 14.8 Å². The molecule has 3 rings (SSSR count). The van der Waals surface area contributed by atoms with Crippen molar-refractivity contribution in [2.24, 2.45) is 0 Å². The first-order chi connectivity index (χ1) is 13.5. The number of hydrogen-bond acceptors (Lipinski definition) is 6. The molecule has 1 atom stereocenters. The van der Waals surface area contributed by atoms with Crippen LogP contribution in [0, 0.1) is 0 Å². The van der Waals surface area contributed by atoms with Crippen LogP contribution in [0.4, 0.5) is 10.8 Å². The summed E-state index contributed by atoms with van der Waals surface area (Å²) in [7, 11) is 1.58. The minimum absolute atomic E-state index is 0.260. The predicted molar refractivity (Wildman–Crippen MR) is 108 cm³/mol. The van der Waals surface area contributed by atoms with Crippen molar-refractivity contribution >= 4 is 34.0 Å². The van der Waals surface area contributed by atoms with Gasteiger partial charge in [-0.25, -0.2) is 4.98 Å². The highest BCUT2D eigenvalue weighted by Crippen LogP contribution is 2.19. The molecule has 2 aromatic carbocycles. The number of nitrogens with one attached hydrogen (secondary N) is 2. The number of carbonyl (C=O) groups is 2. The molecule has 1 unspecified atom stereocenters. The highest BCUT2D eigenvalue weighted by atomic mass is 32.1. The fourth-order valence-electron chi connectivity index (χ4n) is 2.32. The van der Waals surface area contributed by atoms with Crippen LogP contribution in [0.15, 0.2) is 60.1 Å². The molecule has 28 heavy (non-hydrogen) atoms. The van der Waals surface area contributed by atoms with E-state index in [0.29, 0.717) is 27.9 Å². The Balaban J connectivity index is 1.55. The lowest BCUT2D eigenvalue weighted by molar-refractivity contribution is -0.122. The van der Waals surface area contributed by atoms with Gasteiger partial charge in [-0.15, -0.1) is 11.3 Å². The molecule has 0 radical (unpaired) electrons. The van der Waals surface area contributed by atoms with Crippen LogP contribution in [0.25, 0.3) is 0 Å². The van der Waals surface area contributed by atoms with Gasteiger partial charge in [-0.1, -0.05) is 0 Å². The topological polar surface area (TPSA) is 89.5 Å². The van der Waals surface area contributed by atoms with Gasteiger partial charge in [-0.2, -0.15) is 0 Å². The molecule has 0 saturated heterocycles. The Kier molecular flexibility index (Phi) is 6.23. The molecule has 7 nitrogen and oxygen atoms in total. The zero-order chi connectivity index (χ0) is 19.9. The summed E-state index contributed by atoms with van der Waals surface area (Å²) in [6.07, 6.45) is 0.926. The maximum Gasteiger partial charge on any atom is 0.265 e. The number of aromatic nitrogens is 1. The second-order valence-corrected chi connectivity index (χ2v) is 6.69. The monoisotopic (exact) mass is 397 g/mol. The van der Waals surface area contributed by atoms with Crippen molar-refractivity contribution in [2.45, 2.75) is 13.0 Å². The van der Waals surface area contributed by atoms with Gasteiger partial charge >= 0.3 is 0 Å². The molecular weight excluding hydrogens is 378 g/mol. The average molecular weight is 397 g/mol. The Labute approximate surface area is 166 Å². The molecule has 2 amide bonds. The van der Waals surface area contributed by atoms with Gasteiger partial charge in [0, 0.05) is 22.8 Å². The summed E-state index contributed by atoms with van der Waals surface area (Å²) in [6.45, 7) is 1.66. The van der Waals surface area contributed by atoms with Gasteiger partial charge in [0.2, 0.25) is 0 Å². The summed E-state index contributed by atoms with van der Waals surface area (Å²) in [6, 6.07) is 13.6. The molecule has 0 saturated carbocycles. The standard InChI is InChI=1S/C20H19N3O4S/c1-13(27-17-9-7-16(26-2)8-10-17)18(24)22-15-5-3-14(4-6-15)19(25)23-20-21-11-12-28-20/h3-13H,1-2H3,(H,22,24)(H,21,23,25). The van der Waals surface area contributed by atoms with Crippen LogP contribution in [0.2, 0.25) is 0 Å². The maximum absolute atomic E-state index is 12.3. The third-order valence-electron chi connectivity index (χ3n) is 3.81. The first kappa shape index (κ1) is 19.4. The van der Waals surface area contributed by atoms with E-state index in [4.69, 9.17) is 9.47 Å². The number of rotatable bonds is 7. The number of hydrogen-bond donors (Lipinski definition) is 2. The van der Waals surface area contributed by atoms with E-state index in [2.05, 4.69) is 15.6 Å². The fraction of sp³-hybridized carbons (Fsp3) is 0.150. The molecular formula is C20H19N3O4S. The zero-order valence-electron chi connectivity index (χ0n) is 15.3. The molecule has 8 heteroatoms. The van der Waals surface area contributed by atoms with Crippen LogP contribution in [-0.4, -0.2) is 30.0 Å². The Hall–Kier alpha value is -3.39. The van der Waals surface area contributed by atoms with E-state index in [9.17, 15) is 9.59 Å². The number of carbonyl (C=O) groups excluding carboxylic acids is 2. The van der Waals surface area contributed by atoms with E-state index >= 15 is 0 Å². The highest BCUT2D eigenvalue weighted by molar-refractivity contribution is 7.13. The van der Waals surface area contributed by atoms with Crippen molar-refractivity contribution in [3.05, 3.63) is 65.7 Å². The summed E-state index contributed by atoms with van der Waals surface area (Å²) in [4.78, 5) is 28.5. The van der Waals surface area contributed by atoms with Crippen molar-refractivity contribution in [2.75, 3.05) is 17.7 Å². The lowest BCUT2D eigenvalue weighted by Crippen LogP contribution is -2.30. The van der Waals surface area contributed by atoms with Crippen LogP contribution in [0.5, 0.6) is 11.5 Å².